The summed E-state index contributed by atoms with van der Waals surface area (Å²) in [6, 6.07) is 7.95. The van der Waals surface area contributed by atoms with Crippen LogP contribution in [0.4, 0.5) is 5.69 Å². The number of amides is 1. The Morgan fingerprint density at radius 2 is 1.82 bits per heavy atom. The highest BCUT2D eigenvalue weighted by atomic mass is 16.5. The first-order valence-electron chi connectivity index (χ1n) is 7.60. The number of carbonyl (C=O) groups excluding carboxylic acids is 1. The fourth-order valence-electron chi connectivity index (χ4n) is 2.43. The van der Waals surface area contributed by atoms with Gasteiger partial charge >= 0.3 is 0 Å². The zero-order valence-electron chi connectivity index (χ0n) is 13.2. The topological polar surface area (TPSA) is 68.0 Å². The van der Waals surface area contributed by atoms with Gasteiger partial charge in [-0.1, -0.05) is 12.1 Å². The zero-order chi connectivity index (χ0) is 15.8. The lowest BCUT2D eigenvalue weighted by Gasteiger charge is -2.34. The van der Waals surface area contributed by atoms with Crippen molar-refractivity contribution < 1.29 is 14.3 Å². The number of nitrogens with two attached hydrogens (primary N) is 1. The van der Waals surface area contributed by atoms with Crippen molar-refractivity contribution in [1.82, 2.24) is 9.80 Å². The van der Waals surface area contributed by atoms with Gasteiger partial charge in [0, 0.05) is 45.5 Å². The first-order chi connectivity index (χ1) is 10.7. The number of piperazine rings is 1. The molecule has 1 aromatic carbocycles. The van der Waals surface area contributed by atoms with E-state index >= 15 is 0 Å². The highest BCUT2D eigenvalue weighted by Gasteiger charge is 2.20. The summed E-state index contributed by atoms with van der Waals surface area (Å²) in [7, 11) is 1.62. The summed E-state index contributed by atoms with van der Waals surface area (Å²) in [5.74, 6) is 0.0586. The highest BCUT2D eigenvalue weighted by molar-refractivity contribution is 5.77. The van der Waals surface area contributed by atoms with Crippen molar-refractivity contribution in [3.05, 3.63) is 29.8 Å². The van der Waals surface area contributed by atoms with Crippen LogP contribution in [0.3, 0.4) is 0 Å². The van der Waals surface area contributed by atoms with E-state index in [1.807, 2.05) is 17.0 Å². The van der Waals surface area contributed by atoms with Gasteiger partial charge in [0.2, 0.25) is 5.91 Å². The Balaban J connectivity index is 1.68. The Morgan fingerprint density at radius 1 is 1.14 bits per heavy atom. The number of methoxy groups -OCH3 is 1. The Hall–Kier alpha value is -1.63. The standard InChI is InChI=1S/C16H25N3O3/c1-21-10-11-22-13-16(20)19-8-6-18(7-9-19)12-14-2-4-15(17)5-3-14/h2-5H,6-13,17H2,1H3. The lowest BCUT2D eigenvalue weighted by Crippen LogP contribution is -2.49. The first-order valence-corrected chi connectivity index (χ1v) is 7.60. The van der Waals surface area contributed by atoms with Crippen molar-refractivity contribution in [2.75, 3.05) is 58.8 Å². The number of carbonyl (C=O) groups is 1. The van der Waals surface area contributed by atoms with Gasteiger partial charge in [-0.3, -0.25) is 9.69 Å². The van der Waals surface area contributed by atoms with Gasteiger partial charge < -0.3 is 20.1 Å². The minimum absolute atomic E-state index is 0.0586. The molecular formula is C16H25N3O3. The van der Waals surface area contributed by atoms with Crippen molar-refractivity contribution in [3.63, 3.8) is 0 Å². The fourth-order valence-corrected chi connectivity index (χ4v) is 2.43. The molecule has 0 bridgehead atoms. The molecule has 2 N–H and O–H groups in total. The largest absolute Gasteiger partial charge is 0.399 e. The summed E-state index contributed by atoms with van der Waals surface area (Å²) in [6.07, 6.45) is 0. The third-order valence-corrected chi connectivity index (χ3v) is 3.77. The van der Waals surface area contributed by atoms with E-state index in [1.54, 1.807) is 7.11 Å². The smallest absolute Gasteiger partial charge is 0.248 e. The van der Waals surface area contributed by atoms with Crippen LogP contribution in [0, 0.1) is 0 Å². The monoisotopic (exact) mass is 307 g/mol. The molecule has 1 aromatic rings. The molecule has 0 radical (unpaired) electrons. The number of ether oxygens (including phenoxy) is 2. The number of rotatable bonds is 7. The first kappa shape index (κ1) is 16.7. The second-order valence-electron chi connectivity index (χ2n) is 5.44. The molecule has 0 aliphatic carbocycles. The Kier molecular flexibility index (Phi) is 6.64. The second kappa shape index (κ2) is 8.73. The lowest BCUT2D eigenvalue weighted by atomic mass is 10.2. The minimum Gasteiger partial charge on any atom is -0.399 e. The number of hydrogen-bond acceptors (Lipinski definition) is 5. The van der Waals surface area contributed by atoms with Gasteiger partial charge in [0.1, 0.15) is 6.61 Å². The molecule has 1 heterocycles. The molecule has 0 spiro atoms. The van der Waals surface area contributed by atoms with Crippen LogP contribution in [-0.4, -0.2) is 68.8 Å². The molecule has 22 heavy (non-hydrogen) atoms. The molecule has 0 unspecified atom stereocenters. The summed E-state index contributed by atoms with van der Waals surface area (Å²) < 4.78 is 10.2. The van der Waals surface area contributed by atoms with Crippen LogP contribution < -0.4 is 5.73 Å². The molecule has 1 fully saturated rings. The Morgan fingerprint density at radius 3 is 2.45 bits per heavy atom. The van der Waals surface area contributed by atoms with Crippen LogP contribution in [-0.2, 0) is 20.8 Å². The maximum absolute atomic E-state index is 12.0. The number of benzene rings is 1. The minimum atomic E-state index is 0.0586. The molecule has 122 valence electrons. The van der Waals surface area contributed by atoms with E-state index in [4.69, 9.17) is 15.2 Å². The van der Waals surface area contributed by atoms with E-state index in [2.05, 4.69) is 17.0 Å². The average molecular weight is 307 g/mol. The molecule has 6 nitrogen and oxygen atoms in total. The Labute approximate surface area is 131 Å². The maximum Gasteiger partial charge on any atom is 0.248 e. The van der Waals surface area contributed by atoms with Crippen molar-refractivity contribution in [3.8, 4) is 0 Å². The summed E-state index contributed by atoms with van der Waals surface area (Å²) in [6.45, 7) is 5.28. The van der Waals surface area contributed by atoms with Gasteiger partial charge in [-0.15, -0.1) is 0 Å². The number of hydrogen-bond donors (Lipinski definition) is 1. The van der Waals surface area contributed by atoms with Gasteiger partial charge in [0.05, 0.1) is 13.2 Å². The molecule has 0 saturated carbocycles. The van der Waals surface area contributed by atoms with Crippen molar-refractivity contribution in [1.29, 1.82) is 0 Å². The van der Waals surface area contributed by atoms with Crippen molar-refractivity contribution >= 4 is 11.6 Å². The average Bonchev–Trinajstić information content (AvgIpc) is 2.54. The molecule has 1 aliphatic heterocycles. The quantitative estimate of drug-likeness (QED) is 0.589. The van der Waals surface area contributed by atoms with Crippen molar-refractivity contribution in [2.45, 2.75) is 6.54 Å². The number of nitrogens with zero attached hydrogens (tertiary/aromatic N) is 2. The van der Waals surface area contributed by atoms with E-state index in [1.165, 1.54) is 5.56 Å². The fraction of sp³-hybridized carbons (Fsp3) is 0.562. The van der Waals surface area contributed by atoms with Crippen LogP contribution in [0.15, 0.2) is 24.3 Å². The van der Waals surface area contributed by atoms with E-state index in [9.17, 15) is 4.79 Å². The molecule has 1 aliphatic rings. The highest BCUT2D eigenvalue weighted by Crippen LogP contribution is 2.11. The summed E-state index contributed by atoms with van der Waals surface area (Å²) in [5, 5.41) is 0. The van der Waals surface area contributed by atoms with Crippen LogP contribution in [0.2, 0.25) is 0 Å². The van der Waals surface area contributed by atoms with Gasteiger partial charge in [-0.25, -0.2) is 0 Å². The molecule has 1 saturated heterocycles. The predicted molar refractivity (Wildman–Crippen MR) is 85.4 cm³/mol. The number of anilines is 1. The molecule has 0 atom stereocenters. The van der Waals surface area contributed by atoms with Crippen LogP contribution in [0.25, 0.3) is 0 Å². The maximum atomic E-state index is 12.0. The van der Waals surface area contributed by atoms with Gasteiger partial charge in [-0.05, 0) is 17.7 Å². The number of nitrogen functional groups attached to an aromatic ring is 1. The van der Waals surface area contributed by atoms with Gasteiger partial charge in [0.15, 0.2) is 0 Å². The normalized spacial score (nSPS) is 16.0. The van der Waals surface area contributed by atoms with Crippen LogP contribution in [0.5, 0.6) is 0 Å². The van der Waals surface area contributed by atoms with E-state index in [0.717, 1.165) is 38.4 Å². The van der Waals surface area contributed by atoms with Gasteiger partial charge in [0.25, 0.3) is 0 Å². The third kappa shape index (κ3) is 5.29. The Bertz CT molecular complexity index is 456. The molecule has 2 rings (SSSR count). The van der Waals surface area contributed by atoms with E-state index in [-0.39, 0.29) is 12.5 Å². The van der Waals surface area contributed by atoms with E-state index < -0.39 is 0 Å². The summed E-state index contributed by atoms with van der Waals surface area (Å²) in [4.78, 5) is 16.2. The van der Waals surface area contributed by atoms with Crippen LogP contribution in [0.1, 0.15) is 5.56 Å². The summed E-state index contributed by atoms with van der Waals surface area (Å²) >= 11 is 0. The summed E-state index contributed by atoms with van der Waals surface area (Å²) in [5.41, 5.74) is 7.72. The molecule has 1 amide bonds. The second-order valence-corrected chi connectivity index (χ2v) is 5.44. The third-order valence-electron chi connectivity index (χ3n) is 3.77. The van der Waals surface area contributed by atoms with E-state index in [0.29, 0.717) is 13.2 Å². The predicted octanol–water partition coefficient (Wildman–Crippen LogP) is 0.576. The molecular weight excluding hydrogens is 282 g/mol. The van der Waals surface area contributed by atoms with Gasteiger partial charge in [-0.2, -0.15) is 0 Å². The van der Waals surface area contributed by atoms with Crippen molar-refractivity contribution in [2.24, 2.45) is 0 Å². The van der Waals surface area contributed by atoms with Crippen LogP contribution >= 0.6 is 0 Å². The lowest BCUT2D eigenvalue weighted by molar-refractivity contribution is -0.138. The molecule has 0 aromatic heterocycles. The zero-order valence-corrected chi connectivity index (χ0v) is 13.2. The molecule has 6 heteroatoms. The SMILES string of the molecule is COCCOCC(=O)N1CCN(Cc2ccc(N)cc2)CC1.